The molecule has 0 unspecified atom stereocenters. The Balaban J connectivity index is 1.98. The van der Waals surface area contributed by atoms with Crippen LogP contribution in [0.15, 0.2) is 42.7 Å². The molecule has 0 fully saturated rings. The van der Waals surface area contributed by atoms with Gasteiger partial charge in [0.25, 0.3) is 0 Å². The first-order valence-electron chi connectivity index (χ1n) is 7.16. The van der Waals surface area contributed by atoms with Crippen molar-refractivity contribution in [3.05, 3.63) is 48.5 Å². The Bertz CT molecular complexity index is 566. The van der Waals surface area contributed by atoms with E-state index in [0.29, 0.717) is 6.42 Å². The summed E-state index contributed by atoms with van der Waals surface area (Å²) in [7, 11) is 0. The Morgan fingerprint density at radius 3 is 2.67 bits per heavy atom. The Hall–Kier alpha value is -2.30. The molecule has 112 valence electrons. The Morgan fingerprint density at radius 1 is 1.29 bits per heavy atom. The first kappa shape index (κ1) is 15.1. The molecule has 2 rings (SSSR count). The van der Waals surface area contributed by atoms with Crippen LogP contribution in [0.2, 0.25) is 0 Å². The highest BCUT2D eigenvalue weighted by molar-refractivity contribution is 5.66. The number of hydrogen-bond donors (Lipinski definition) is 1. The van der Waals surface area contributed by atoms with Gasteiger partial charge in [-0.3, -0.25) is 4.79 Å². The molecule has 0 aliphatic carbocycles. The summed E-state index contributed by atoms with van der Waals surface area (Å²) in [5, 5.41) is 8.78. The van der Waals surface area contributed by atoms with Gasteiger partial charge < -0.3 is 14.6 Å². The fourth-order valence-corrected chi connectivity index (χ4v) is 2.30. The molecule has 21 heavy (non-hydrogen) atoms. The van der Waals surface area contributed by atoms with Crippen LogP contribution in [0.25, 0.3) is 0 Å². The minimum atomic E-state index is -0.742. The van der Waals surface area contributed by atoms with Gasteiger partial charge in [0.05, 0.1) is 0 Å². The number of benzene rings is 1. The third kappa shape index (κ3) is 4.63. The molecule has 0 aliphatic rings. The van der Waals surface area contributed by atoms with Crippen molar-refractivity contribution in [1.82, 2.24) is 9.55 Å². The van der Waals surface area contributed by atoms with Gasteiger partial charge in [0.2, 0.25) is 0 Å². The number of carbonyl (C=O) groups is 1. The summed E-state index contributed by atoms with van der Waals surface area (Å²) >= 11 is 0. The second kappa shape index (κ2) is 7.47. The molecule has 0 saturated carbocycles. The molecule has 1 N–H and O–H groups in total. The van der Waals surface area contributed by atoms with Gasteiger partial charge in [-0.15, -0.1) is 0 Å². The number of nitrogens with zero attached hydrogens (tertiary/aromatic N) is 3. The molecule has 5 heteroatoms. The van der Waals surface area contributed by atoms with Gasteiger partial charge in [0, 0.05) is 44.1 Å². The van der Waals surface area contributed by atoms with Gasteiger partial charge >= 0.3 is 5.97 Å². The van der Waals surface area contributed by atoms with Crippen molar-refractivity contribution in [3.63, 3.8) is 0 Å². The SMILES string of the molecule is Cc1nccn1CCN(CCCC(=O)O)c1ccccc1. The molecule has 0 atom stereocenters. The first-order valence-corrected chi connectivity index (χ1v) is 7.16. The molecule has 0 saturated heterocycles. The molecule has 1 heterocycles. The zero-order chi connectivity index (χ0) is 15.1. The van der Waals surface area contributed by atoms with Crippen LogP contribution in [0.1, 0.15) is 18.7 Å². The van der Waals surface area contributed by atoms with Crippen molar-refractivity contribution in [2.45, 2.75) is 26.3 Å². The summed E-state index contributed by atoms with van der Waals surface area (Å²) in [5.74, 6) is 0.252. The monoisotopic (exact) mass is 287 g/mol. The van der Waals surface area contributed by atoms with Crippen LogP contribution in [0.5, 0.6) is 0 Å². The van der Waals surface area contributed by atoms with Crippen LogP contribution < -0.4 is 4.90 Å². The van der Waals surface area contributed by atoms with Crippen molar-refractivity contribution in [2.75, 3.05) is 18.0 Å². The lowest BCUT2D eigenvalue weighted by Gasteiger charge is -2.25. The molecular formula is C16H21N3O2. The minimum Gasteiger partial charge on any atom is -0.481 e. The van der Waals surface area contributed by atoms with E-state index in [4.69, 9.17) is 5.11 Å². The van der Waals surface area contributed by atoms with E-state index < -0.39 is 5.97 Å². The molecule has 1 aromatic heterocycles. The first-order chi connectivity index (χ1) is 10.2. The number of anilines is 1. The van der Waals surface area contributed by atoms with Gasteiger partial charge in [0.15, 0.2) is 0 Å². The lowest BCUT2D eigenvalue weighted by atomic mass is 10.2. The Kier molecular flexibility index (Phi) is 5.37. The highest BCUT2D eigenvalue weighted by atomic mass is 16.4. The third-order valence-corrected chi connectivity index (χ3v) is 3.47. The maximum atomic E-state index is 10.7. The van der Waals surface area contributed by atoms with E-state index >= 15 is 0 Å². The summed E-state index contributed by atoms with van der Waals surface area (Å²) in [6.07, 6.45) is 4.61. The summed E-state index contributed by atoms with van der Waals surface area (Å²) in [4.78, 5) is 17.1. The number of hydrogen-bond acceptors (Lipinski definition) is 3. The van der Waals surface area contributed by atoms with E-state index in [1.807, 2.05) is 31.3 Å². The van der Waals surface area contributed by atoms with Crippen molar-refractivity contribution < 1.29 is 9.90 Å². The Morgan fingerprint density at radius 2 is 2.05 bits per heavy atom. The van der Waals surface area contributed by atoms with Crippen molar-refractivity contribution in [1.29, 1.82) is 0 Å². The molecule has 5 nitrogen and oxygen atoms in total. The molecule has 0 aliphatic heterocycles. The largest absolute Gasteiger partial charge is 0.481 e. The quantitative estimate of drug-likeness (QED) is 0.810. The molecular weight excluding hydrogens is 266 g/mol. The Labute approximate surface area is 124 Å². The van der Waals surface area contributed by atoms with Gasteiger partial charge in [0.1, 0.15) is 5.82 Å². The fraction of sp³-hybridized carbons (Fsp3) is 0.375. The topological polar surface area (TPSA) is 58.4 Å². The fourth-order valence-electron chi connectivity index (χ4n) is 2.30. The second-order valence-corrected chi connectivity index (χ2v) is 4.99. The minimum absolute atomic E-state index is 0.202. The van der Waals surface area contributed by atoms with Crippen LogP contribution in [0, 0.1) is 6.92 Å². The number of para-hydroxylation sites is 1. The molecule has 0 spiro atoms. The van der Waals surface area contributed by atoms with Gasteiger partial charge in [-0.05, 0) is 25.5 Å². The second-order valence-electron chi connectivity index (χ2n) is 4.99. The lowest BCUT2D eigenvalue weighted by molar-refractivity contribution is -0.137. The maximum Gasteiger partial charge on any atom is 0.303 e. The standard InChI is InChI=1S/C16H21N3O2/c1-14-17-9-11-18(14)12-13-19(10-5-8-16(20)21)15-6-3-2-4-7-15/h2-4,6-7,9,11H,5,8,10,12-13H2,1H3,(H,20,21). The van der Waals surface area contributed by atoms with Gasteiger partial charge in [-0.25, -0.2) is 4.98 Å². The number of carboxylic acids is 1. The van der Waals surface area contributed by atoms with E-state index in [1.54, 1.807) is 6.20 Å². The van der Waals surface area contributed by atoms with Crippen LogP contribution in [-0.2, 0) is 11.3 Å². The number of carboxylic acid groups (broad SMARTS) is 1. The van der Waals surface area contributed by atoms with Crippen molar-refractivity contribution in [2.24, 2.45) is 0 Å². The van der Waals surface area contributed by atoms with Crippen molar-refractivity contribution >= 4 is 11.7 Å². The van der Waals surface area contributed by atoms with Crippen molar-refractivity contribution in [3.8, 4) is 0 Å². The van der Waals surface area contributed by atoms with Crippen LogP contribution in [0.4, 0.5) is 5.69 Å². The normalized spacial score (nSPS) is 10.5. The van der Waals surface area contributed by atoms with E-state index in [9.17, 15) is 4.79 Å². The summed E-state index contributed by atoms with van der Waals surface area (Å²) in [6.45, 7) is 4.40. The number of aryl methyl sites for hydroxylation is 1. The zero-order valence-electron chi connectivity index (χ0n) is 12.3. The number of aliphatic carboxylic acids is 1. The number of imidazole rings is 1. The summed E-state index contributed by atoms with van der Waals surface area (Å²) < 4.78 is 2.10. The molecule has 0 bridgehead atoms. The summed E-state index contributed by atoms with van der Waals surface area (Å²) in [5.41, 5.74) is 1.13. The molecule has 2 aromatic rings. The molecule has 0 radical (unpaired) electrons. The summed E-state index contributed by atoms with van der Waals surface area (Å²) in [6, 6.07) is 10.1. The van der Waals surface area contributed by atoms with Gasteiger partial charge in [-0.2, -0.15) is 0 Å². The van der Waals surface area contributed by atoms with E-state index in [0.717, 1.165) is 31.1 Å². The average molecular weight is 287 g/mol. The van der Waals surface area contributed by atoms with E-state index in [2.05, 4.69) is 26.6 Å². The molecule has 0 amide bonds. The van der Waals surface area contributed by atoms with Gasteiger partial charge in [-0.1, -0.05) is 18.2 Å². The smallest absolute Gasteiger partial charge is 0.303 e. The predicted molar refractivity (Wildman–Crippen MR) is 82.5 cm³/mol. The van der Waals surface area contributed by atoms with Crippen LogP contribution >= 0.6 is 0 Å². The lowest BCUT2D eigenvalue weighted by Crippen LogP contribution is -2.29. The molecule has 1 aromatic carbocycles. The number of rotatable bonds is 8. The van der Waals surface area contributed by atoms with E-state index in [-0.39, 0.29) is 6.42 Å². The van der Waals surface area contributed by atoms with E-state index in [1.165, 1.54) is 0 Å². The predicted octanol–water partition coefficient (Wildman–Crippen LogP) is 2.56. The zero-order valence-corrected chi connectivity index (χ0v) is 12.3. The average Bonchev–Trinajstić information content (AvgIpc) is 2.88. The highest BCUT2D eigenvalue weighted by Gasteiger charge is 2.08. The van der Waals surface area contributed by atoms with Crippen LogP contribution in [0.3, 0.4) is 0 Å². The maximum absolute atomic E-state index is 10.7. The third-order valence-electron chi connectivity index (χ3n) is 3.47. The number of aromatic nitrogens is 2. The highest BCUT2D eigenvalue weighted by Crippen LogP contribution is 2.14. The van der Waals surface area contributed by atoms with Crippen LogP contribution in [-0.4, -0.2) is 33.7 Å².